The fourth-order valence-electron chi connectivity index (χ4n) is 0.769. The third-order valence-corrected chi connectivity index (χ3v) is 2.52. The van der Waals surface area contributed by atoms with Crippen molar-refractivity contribution >= 4 is 22.6 Å². The Bertz CT molecular complexity index is 300. The van der Waals surface area contributed by atoms with Crippen molar-refractivity contribution in [3.05, 3.63) is 28.8 Å². The fourth-order valence-corrected chi connectivity index (χ4v) is 1.69. The van der Waals surface area contributed by atoms with Crippen LogP contribution in [0, 0.1) is 6.92 Å². The summed E-state index contributed by atoms with van der Waals surface area (Å²) in [6.07, 6.45) is 0. The molecule has 1 unspecified atom stereocenters. The zero-order valence-electron chi connectivity index (χ0n) is 6.00. The molecule has 1 aromatic rings. The highest BCUT2D eigenvalue weighted by Crippen LogP contribution is 2.18. The van der Waals surface area contributed by atoms with Crippen molar-refractivity contribution in [1.29, 1.82) is 0 Å². The number of halogens is 1. The molecule has 2 nitrogen and oxygen atoms in total. The van der Waals surface area contributed by atoms with Gasteiger partial charge in [-0.2, -0.15) is 0 Å². The summed E-state index contributed by atoms with van der Waals surface area (Å²) < 4.78 is 10.8. The SMILES string of the molecule is Cc1ccc(S(N)=O)c(Cl)c1. The van der Waals surface area contributed by atoms with Crippen LogP contribution in [0.15, 0.2) is 23.1 Å². The molecule has 0 heterocycles. The number of benzene rings is 1. The molecule has 2 N–H and O–H groups in total. The van der Waals surface area contributed by atoms with Gasteiger partial charge in [0.2, 0.25) is 0 Å². The van der Waals surface area contributed by atoms with Crippen molar-refractivity contribution < 1.29 is 4.21 Å². The molecule has 0 amide bonds. The van der Waals surface area contributed by atoms with Gasteiger partial charge in [-0.25, -0.2) is 9.35 Å². The van der Waals surface area contributed by atoms with Gasteiger partial charge < -0.3 is 0 Å². The predicted molar refractivity (Wildman–Crippen MR) is 46.8 cm³/mol. The normalized spacial score (nSPS) is 13.0. The van der Waals surface area contributed by atoms with Crippen molar-refractivity contribution in [3.8, 4) is 0 Å². The smallest absolute Gasteiger partial charge is 0.123 e. The second kappa shape index (κ2) is 3.34. The van der Waals surface area contributed by atoms with E-state index in [-0.39, 0.29) is 0 Å². The van der Waals surface area contributed by atoms with E-state index >= 15 is 0 Å². The minimum atomic E-state index is -1.48. The molecule has 0 aliphatic carbocycles. The van der Waals surface area contributed by atoms with Crippen LogP contribution >= 0.6 is 11.6 Å². The molecular weight excluding hydrogens is 182 g/mol. The molecule has 0 saturated heterocycles. The number of hydrogen-bond donors (Lipinski definition) is 1. The Morgan fingerprint density at radius 1 is 1.55 bits per heavy atom. The molecule has 0 radical (unpaired) electrons. The van der Waals surface area contributed by atoms with Gasteiger partial charge in [0, 0.05) is 0 Å². The van der Waals surface area contributed by atoms with E-state index in [4.69, 9.17) is 16.7 Å². The maximum absolute atomic E-state index is 10.8. The third-order valence-electron chi connectivity index (χ3n) is 1.30. The molecule has 0 fully saturated rings. The van der Waals surface area contributed by atoms with Crippen LogP contribution in [0.4, 0.5) is 0 Å². The molecule has 4 heteroatoms. The van der Waals surface area contributed by atoms with Gasteiger partial charge in [-0.3, -0.25) is 0 Å². The van der Waals surface area contributed by atoms with Gasteiger partial charge in [0.05, 0.1) is 9.92 Å². The second-order valence-corrected chi connectivity index (χ2v) is 3.67. The summed E-state index contributed by atoms with van der Waals surface area (Å²) in [5, 5.41) is 5.62. The zero-order valence-corrected chi connectivity index (χ0v) is 7.58. The highest BCUT2D eigenvalue weighted by molar-refractivity contribution is 7.82. The summed E-state index contributed by atoms with van der Waals surface area (Å²) in [7, 11) is -1.48. The van der Waals surface area contributed by atoms with Gasteiger partial charge >= 0.3 is 0 Å². The molecule has 1 rings (SSSR count). The van der Waals surface area contributed by atoms with E-state index in [1.807, 2.05) is 13.0 Å². The van der Waals surface area contributed by atoms with Crippen LogP contribution in [0.25, 0.3) is 0 Å². The highest BCUT2D eigenvalue weighted by Gasteiger charge is 2.03. The Morgan fingerprint density at radius 3 is 2.64 bits per heavy atom. The van der Waals surface area contributed by atoms with Crippen molar-refractivity contribution in [3.63, 3.8) is 0 Å². The maximum Gasteiger partial charge on any atom is 0.123 e. The Balaban J connectivity index is 3.20. The summed E-state index contributed by atoms with van der Waals surface area (Å²) in [5.74, 6) is 0. The maximum atomic E-state index is 10.8. The first-order valence-corrected chi connectivity index (χ1v) is 4.62. The number of hydrogen-bond acceptors (Lipinski definition) is 1. The fraction of sp³-hybridized carbons (Fsp3) is 0.143. The molecule has 60 valence electrons. The summed E-state index contributed by atoms with van der Waals surface area (Å²) in [6, 6.07) is 5.24. The minimum Gasteiger partial charge on any atom is -0.248 e. The molecule has 0 aliphatic rings. The summed E-state index contributed by atoms with van der Waals surface area (Å²) in [5.41, 5.74) is 1.03. The molecular formula is C7H8ClNOS. The number of aryl methyl sites for hydroxylation is 1. The summed E-state index contributed by atoms with van der Waals surface area (Å²) in [6.45, 7) is 1.91. The summed E-state index contributed by atoms with van der Waals surface area (Å²) >= 11 is 5.75. The van der Waals surface area contributed by atoms with Crippen molar-refractivity contribution in [1.82, 2.24) is 0 Å². The molecule has 0 bridgehead atoms. The monoisotopic (exact) mass is 189 g/mol. The first kappa shape index (κ1) is 8.71. The predicted octanol–water partition coefficient (Wildman–Crippen LogP) is 1.63. The number of rotatable bonds is 1. The Labute approximate surface area is 72.9 Å². The van der Waals surface area contributed by atoms with Gasteiger partial charge in [-0.15, -0.1) is 0 Å². The highest BCUT2D eigenvalue weighted by atomic mass is 35.5. The van der Waals surface area contributed by atoms with E-state index in [0.29, 0.717) is 9.92 Å². The Morgan fingerprint density at radius 2 is 2.18 bits per heavy atom. The molecule has 1 aromatic carbocycles. The van der Waals surface area contributed by atoms with E-state index < -0.39 is 11.0 Å². The van der Waals surface area contributed by atoms with E-state index in [0.717, 1.165) is 5.56 Å². The van der Waals surface area contributed by atoms with Gasteiger partial charge in [0.25, 0.3) is 0 Å². The largest absolute Gasteiger partial charge is 0.248 e. The van der Waals surface area contributed by atoms with E-state index in [2.05, 4.69) is 0 Å². The first-order valence-electron chi connectivity index (χ1n) is 3.03. The molecule has 0 aromatic heterocycles. The van der Waals surface area contributed by atoms with Crippen LogP contribution in [0.1, 0.15) is 5.56 Å². The number of nitrogens with two attached hydrogens (primary N) is 1. The Kier molecular flexibility index (Phi) is 2.65. The van der Waals surface area contributed by atoms with Crippen molar-refractivity contribution in [2.75, 3.05) is 0 Å². The van der Waals surface area contributed by atoms with E-state index in [1.165, 1.54) is 0 Å². The lowest BCUT2D eigenvalue weighted by Crippen LogP contribution is -2.03. The van der Waals surface area contributed by atoms with Gasteiger partial charge in [-0.05, 0) is 24.6 Å². The van der Waals surface area contributed by atoms with Crippen LogP contribution in [0.5, 0.6) is 0 Å². The molecule has 11 heavy (non-hydrogen) atoms. The molecule has 0 spiro atoms. The molecule has 0 saturated carbocycles. The first-order chi connectivity index (χ1) is 5.11. The van der Waals surface area contributed by atoms with Crippen LogP contribution in [-0.4, -0.2) is 4.21 Å². The van der Waals surface area contributed by atoms with Crippen LogP contribution in [0.2, 0.25) is 5.02 Å². The van der Waals surface area contributed by atoms with Crippen LogP contribution < -0.4 is 5.14 Å². The second-order valence-electron chi connectivity index (χ2n) is 2.23. The van der Waals surface area contributed by atoms with Gasteiger partial charge in [-0.1, -0.05) is 17.7 Å². The van der Waals surface area contributed by atoms with Crippen molar-refractivity contribution in [2.45, 2.75) is 11.8 Å². The summed E-state index contributed by atoms with van der Waals surface area (Å²) in [4.78, 5) is 0.484. The lowest BCUT2D eigenvalue weighted by Gasteiger charge is -1.99. The van der Waals surface area contributed by atoms with Crippen LogP contribution in [0.3, 0.4) is 0 Å². The zero-order chi connectivity index (χ0) is 8.43. The quantitative estimate of drug-likeness (QED) is 0.717. The average Bonchev–Trinajstić information content (AvgIpc) is 1.85. The molecule has 1 atom stereocenters. The average molecular weight is 190 g/mol. The third kappa shape index (κ3) is 2.02. The lowest BCUT2D eigenvalue weighted by molar-refractivity contribution is 0.684. The standard InChI is InChI=1S/C7H8ClNOS/c1-5-2-3-7(11(9)10)6(8)4-5/h2-4H,9H2,1H3. The van der Waals surface area contributed by atoms with E-state index in [1.54, 1.807) is 12.1 Å². The van der Waals surface area contributed by atoms with Gasteiger partial charge in [0.1, 0.15) is 11.0 Å². The van der Waals surface area contributed by atoms with Crippen molar-refractivity contribution in [2.24, 2.45) is 5.14 Å². The van der Waals surface area contributed by atoms with Gasteiger partial charge in [0.15, 0.2) is 0 Å². The minimum absolute atomic E-state index is 0.464. The lowest BCUT2D eigenvalue weighted by atomic mass is 10.2. The van der Waals surface area contributed by atoms with E-state index in [9.17, 15) is 4.21 Å². The van der Waals surface area contributed by atoms with Crippen LogP contribution in [-0.2, 0) is 11.0 Å². The molecule has 0 aliphatic heterocycles. The topological polar surface area (TPSA) is 43.1 Å². The Hall–Kier alpha value is -0.380.